The average molecular weight is 280 g/mol. The Morgan fingerprint density at radius 3 is 1.67 bits per heavy atom. The van der Waals surface area contributed by atoms with Crippen LogP contribution in [0.25, 0.3) is 0 Å². The minimum absolute atomic E-state index is 0.170. The highest BCUT2D eigenvalue weighted by Gasteiger charge is 2.45. The van der Waals surface area contributed by atoms with Crippen LogP contribution in [0.5, 0.6) is 0 Å². The molecule has 4 heteroatoms. The van der Waals surface area contributed by atoms with Gasteiger partial charge in [-0.05, 0) is 26.0 Å². The maximum absolute atomic E-state index is 6.15. The largest absolute Gasteiger partial charge is 0.339 e. The Labute approximate surface area is 123 Å². The monoisotopic (exact) mass is 280 g/mol. The van der Waals surface area contributed by atoms with Crippen molar-refractivity contribution in [1.29, 1.82) is 0 Å². The molecule has 2 aromatic carbocycles. The number of ether oxygens (including phenoxy) is 2. The lowest BCUT2D eigenvalue weighted by Gasteiger charge is -2.21. The van der Waals surface area contributed by atoms with Crippen molar-refractivity contribution in [1.82, 2.24) is 0 Å². The van der Waals surface area contributed by atoms with Gasteiger partial charge in [-0.1, -0.05) is 36.4 Å². The van der Waals surface area contributed by atoms with Crippen molar-refractivity contribution < 1.29 is 9.47 Å². The molecule has 21 heavy (non-hydrogen) atoms. The number of benzene rings is 2. The fraction of sp³-hybridized carbons (Fsp3) is 0.294. The first kappa shape index (κ1) is 12.7. The fourth-order valence-electron chi connectivity index (χ4n) is 2.96. The molecule has 1 saturated heterocycles. The molecule has 0 amide bonds. The molecule has 0 bridgehead atoms. The zero-order chi connectivity index (χ0) is 14.4. The second-order valence-corrected chi connectivity index (χ2v) is 5.79. The van der Waals surface area contributed by atoms with E-state index in [0.717, 1.165) is 22.5 Å². The molecule has 0 aliphatic carbocycles. The Kier molecular flexibility index (Phi) is 2.71. The number of hydrogen-bond acceptors (Lipinski definition) is 4. The molecule has 2 heterocycles. The van der Waals surface area contributed by atoms with Crippen LogP contribution in [0.15, 0.2) is 58.8 Å². The summed E-state index contributed by atoms with van der Waals surface area (Å²) < 4.78 is 12.3. The van der Waals surface area contributed by atoms with Gasteiger partial charge >= 0.3 is 0 Å². The minimum Gasteiger partial charge on any atom is -0.339 e. The van der Waals surface area contributed by atoms with E-state index in [4.69, 9.17) is 9.47 Å². The summed E-state index contributed by atoms with van der Waals surface area (Å²) in [6.07, 6.45) is -0.340. The van der Waals surface area contributed by atoms with Crippen LogP contribution in [0.2, 0.25) is 0 Å². The van der Waals surface area contributed by atoms with Gasteiger partial charge in [0.1, 0.15) is 12.2 Å². The fourth-order valence-corrected chi connectivity index (χ4v) is 2.96. The Morgan fingerprint density at radius 2 is 1.19 bits per heavy atom. The summed E-state index contributed by atoms with van der Waals surface area (Å²) in [5.74, 6) is -0.625. The molecule has 0 radical (unpaired) electrons. The molecule has 0 aromatic heterocycles. The van der Waals surface area contributed by atoms with Crippen molar-refractivity contribution in [3.63, 3.8) is 0 Å². The Morgan fingerprint density at radius 1 is 0.762 bits per heavy atom. The lowest BCUT2D eigenvalue weighted by Crippen LogP contribution is -2.20. The molecule has 1 fully saturated rings. The predicted molar refractivity (Wildman–Crippen MR) is 78.8 cm³/mol. The maximum Gasteiger partial charge on any atom is 0.164 e. The smallest absolute Gasteiger partial charge is 0.164 e. The predicted octanol–water partition coefficient (Wildman–Crippen LogP) is 4.98. The number of azo groups is 1. The van der Waals surface area contributed by atoms with E-state index in [1.54, 1.807) is 0 Å². The third-order valence-electron chi connectivity index (χ3n) is 3.85. The summed E-state index contributed by atoms with van der Waals surface area (Å²) in [7, 11) is 0. The third kappa shape index (κ3) is 2.07. The van der Waals surface area contributed by atoms with Crippen molar-refractivity contribution >= 4 is 11.4 Å². The van der Waals surface area contributed by atoms with Crippen LogP contribution in [0.1, 0.15) is 37.2 Å². The van der Waals surface area contributed by atoms with Gasteiger partial charge in [0.2, 0.25) is 0 Å². The molecule has 2 aliphatic heterocycles. The van der Waals surface area contributed by atoms with Gasteiger partial charge < -0.3 is 9.47 Å². The molecule has 0 spiro atoms. The first-order valence-corrected chi connectivity index (χ1v) is 7.09. The number of hydrogen-bond donors (Lipinski definition) is 0. The van der Waals surface area contributed by atoms with Gasteiger partial charge in [-0.3, -0.25) is 0 Å². The van der Waals surface area contributed by atoms with Crippen LogP contribution >= 0.6 is 0 Å². The van der Waals surface area contributed by atoms with Gasteiger partial charge in [-0.2, -0.15) is 10.2 Å². The lowest BCUT2D eigenvalue weighted by atomic mass is 9.95. The highest BCUT2D eigenvalue weighted by molar-refractivity contribution is 5.54. The topological polar surface area (TPSA) is 43.2 Å². The van der Waals surface area contributed by atoms with Crippen molar-refractivity contribution in [3.05, 3.63) is 59.7 Å². The Bertz CT molecular complexity index is 665. The number of fused-ring (bicyclic) bond motifs is 5. The summed E-state index contributed by atoms with van der Waals surface area (Å²) in [6, 6.07) is 15.9. The van der Waals surface area contributed by atoms with E-state index in [0.29, 0.717) is 0 Å². The van der Waals surface area contributed by atoms with E-state index in [1.807, 2.05) is 62.4 Å². The lowest BCUT2D eigenvalue weighted by molar-refractivity contribution is -0.147. The van der Waals surface area contributed by atoms with Gasteiger partial charge in [0.15, 0.2) is 5.79 Å². The van der Waals surface area contributed by atoms with Crippen molar-refractivity contribution in [3.8, 4) is 0 Å². The zero-order valence-corrected chi connectivity index (χ0v) is 12.0. The first-order valence-electron chi connectivity index (χ1n) is 7.09. The molecule has 0 saturated carbocycles. The molecule has 4 nitrogen and oxygen atoms in total. The van der Waals surface area contributed by atoms with E-state index in [9.17, 15) is 0 Å². The normalized spacial score (nSPS) is 25.4. The van der Waals surface area contributed by atoms with Gasteiger partial charge in [0, 0.05) is 11.1 Å². The minimum atomic E-state index is -0.625. The van der Waals surface area contributed by atoms with E-state index in [1.165, 1.54) is 0 Å². The van der Waals surface area contributed by atoms with Crippen LogP contribution in [-0.4, -0.2) is 5.79 Å². The average Bonchev–Trinajstić information content (AvgIpc) is 2.80. The van der Waals surface area contributed by atoms with Crippen LogP contribution < -0.4 is 0 Å². The first-order chi connectivity index (χ1) is 10.1. The summed E-state index contributed by atoms with van der Waals surface area (Å²) >= 11 is 0. The molecule has 0 unspecified atom stereocenters. The van der Waals surface area contributed by atoms with Gasteiger partial charge in [0.25, 0.3) is 0 Å². The van der Waals surface area contributed by atoms with Crippen LogP contribution in [0, 0.1) is 0 Å². The Balaban J connectivity index is 1.95. The van der Waals surface area contributed by atoms with Crippen molar-refractivity contribution in [2.24, 2.45) is 10.2 Å². The highest BCUT2D eigenvalue weighted by Crippen LogP contribution is 2.52. The second kappa shape index (κ2) is 4.48. The quantitative estimate of drug-likeness (QED) is 0.683. The van der Waals surface area contributed by atoms with E-state index in [2.05, 4.69) is 10.2 Å². The molecule has 106 valence electrons. The molecule has 4 rings (SSSR count). The SMILES string of the molecule is CC1(C)O[C@@H]2c3ccccc3N=Nc3ccccc3[C@@H]2O1. The zero-order valence-electron chi connectivity index (χ0n) is 12.0. The van der Waals surface area contributed by atoms with E-state index in [-0.39, 0.29) is 12.2 Å². The van der Waals surface area contributed by atoms with Crippen LogP contribution in [-0.2, 0) is 9.47 Å². The summed E-state index contributed by atoms with van der Waals surface area (Å²) in [4.78, 5) is 0. The molecule has 2 aliphatic rings. The van der Waals surface area contributed by atoms with Crippen LogP contribution in [0.3, 0.4) is 0 Å². The van der Waals surface area contributed by atoms with Gasteiger partial charge in [-0.25, -0.2) is 0 Å². The molecule has 0 N–H and O–H groups in total. The molecular formula is C17H16N2O2. The molecule has 2 aromatic rings. The number of nitrogens with zero attached hydrogens (tertiary/aromatic N) is 2. The van der Waals surface area contributed by atoms with Gasteiger partial charge in [0.05, 0.1) is 11.4 Å². The standard InChI is InChI=1S/C17H16N2O2/c1-17(2)20-15-11-7-3-5-9-13(11)18-19-14-10-6-4-8-12(14)16(15)21-17/h3-10,15-16H,1-2H3/t15-,16+. The maximum atomic E-state index is 6.15. The Hall–Kier alpha value is -2.04. The summed E-state index contributed by atoms with van der Waals surface area (Å²) in [5, 5.41) is 8.77. The van der Waals surface area contributed by atoms with Crippen molar-refractivity contribution in [2.45, 2.75) is 31.8 Å². The molecular weight excluding hydrogens is 264 g/mol. The number of rotatable bonds is 0. The summed E-state index contributed by atoms with van der Waals surface area (Å²) in [5.41, 5.74) is 3.71. The third-order valence-corrected chi connectivity index (χ3v) is 3.85. The van der Waals surface area contributed by atoms with Gasteiger partial charge in [-0.15, -0.1) is 0 Å². The van der Waals surface area contributed by atoms with Crippen molar-refractivity contribution in [2.75, 3.05) is 0 Å². The molecule has 2 atom stereocenters. The highest BCUT2D eigenvalue weighted by atomic mass is 16.7. The van der Waals surface area contributed by atoms with E-state index < -0.39 is 5.79 Å². The van der Waals surface area contributed by atoms with E-state index >= 15 is 0 Å². The summed E-state index contributed by atoms with van der Waals surface area (Å²) in [6.45, 7) is 3.88. The second-order valence-electron chi connectivity index (χ2n) is 5.79. The van der Waals surface area contributed by atoms with Crippen LogP contribution in [0.4, 0.5) is 11.4 Å².